The third-order valence-electron chi connectivity index (χ3n) is 2.61. The number of carboxylic acids is 1. The first-order valence-corrected chi connectivity index (χ1v) is 4.83. The molecule has 0 radical (unpaired) electrons. The quantitative estimate of drug-likeness (QED) is 0.652. The minimum atomic E-state index is -0.828. The minimum absolute atomic E-state index is 0.128. The summed E-state index contributed by atoms with van der Waals surface area (Å²) in [5, 5.41) is 8.74. The van der Waals surface area contributed by atoms with Crippen molar-refractivity contribution in [1.82, 2.24) is 4.90 Å². The van der Waals surface area contributed by atoms with Gasteiger partial charge in [-0.05, 0) is 12.8 Å². The third kappa shape index (κ3) is 2.23. The van der Waals surface area contributed by atoms with Crippen LogP contribution in [0.15, 0.2) is 0 Å². The molecular weight excluding hydrogens is 184 g/mol. The van der Waals surface area contributed by atoms with Crippen LogP contribution in [0.4, 0.5) is 0 Å². The maximum atomic E-state index is 11.6. The Morgan fingerprint density at radius 3 is 2.71 bits per heavy atom. The predicted octanol–water partition coefficient (Wildman–Crippen LogP) is -0.343. The van der Waals surface area contributed by atoms with Gasteiger partial charge in [0.05, 0.1) is 12.0 Å². The molecule has 2 atom stereocenters. The van der Waals surface area contributed by atoms with E-state index in [0.29, 0.717) is 25.9 Å². The Hall–Kier alpha value is -1.10. The van der Waals surface area contributed by atoms with Crippen molar-refractivity contribution in [2.24, 2.45) is 11.7 Å². The van der Waals surface area contributed by atoms with Gasteiger partial charge in [0.25, 0.3) is 0 Å². The zero-order valence-corrected chi connectivity index (χ0v) is 8.27. The number of aliphatic carboxylic acids is 1. The van der Waals surface area contributed by atoms with Gasteiger partial charge >= 0.3 is 5.97 Å². The molecule has 1 rings (SSSR count). The fourth-order valence-corrected chi connectivity index (χ4v) is 1.57. The lowest BCUT2D eigenvalue weighted by Gasteiger charge is -2.19. The van der Waals surface area contributed by atoms with Crippen LogP contribution < -0.4 is 5.73 Å². The summed E-state index contributed by atoms with van der Waals surface area (Å²) < 4.78 is 0. The van der Waals surface area contributed by atoms with E-state index in [2.05, 4.69) is 0 Å². The second-order valence-electron chi connectivity index (χ2n) is 3.62. The van der Waals surface area contributed by atoms with Crippen LogP contribution in [0.1, 0.15) is 19.8 Å². The van der Waals surface area contributed by atoms with Crippen LogP contribution in [0.5, 0.6) is 0 Å². The molecular formula is C9H16N2O3. The number of carbonyl (C=O) groups is 2. The van der Waals surface area contributed by atoms with Gasteiger partial charge in [0.1, 0.15) is 0 Å². The van der Waals surface area contributed by atoms with Crippen molar-refractivity contribution in [2.45, 2.75) is 25.8 Å². The van der Waals surface area contributed by atoms with Crippen LogP contribution in [-0.4, -0.2) is 41.0 Å². The standard InChI is InChI=1S/C9H16N2O3/c1-2-7(10)8(12)11-4-3-6(5-11)9(13)14/h6-7H,2-5,10H2,1H3,(H,13,14)/t6?,7-/m1/s1. The maximum absolute atomic E-state index is 11.6. The summed E-state index contributed by atoms with van der Waals surface area (Å²) in [5.74, 6) is -1.37. The molecule has 0 aromatic rings. The van der Waals surface area contributed by atoms with Crippen LogP contribution >= 0.6 is 0 Å². The van der Waals surface area contributed by atoms with Crippen LogP contribution in [0, 0.1) is 5.92 Å². The highest BCUT2D eigenvalue weighted by molar-refractivity contribution is 5.83. The summed E-state index contributed by atoms with van der Waals surface area (Å²) in [7, 11) is 0. The molecule has 1 unspecified atom stereocenters. The number of rotatable bonds is 3. The molecule has 0 saturated carbocycles. The minimum Gasteiger partial charge on any atom is -0.481 e. The lowest BCUT2D eigenvalue weighted by atomic mass is 10.1. The van der Waals surface area contributed by atoms with Crippen molar-refractivity contribution in [3.8, 4) is 0 Å². The topological polar surface area (TPSA) is 83.6 Å². The number of carboxylic acid groups (broad SMARTS) is 1. The van der Waals surface area contributed by atoms with Gasteiger partial charge in [0, 0.05) is 13.1 Å². The van der Waals surface area contributed by atoms with E-state index >= 15 is 0 Å². The highest BCUT2D eigenvalue weighted by atomic mass is 16.4. The molecule has 0 spiro atoms. The number of amides is 1. The van der Waals surface area contributed by atoms with E-state index in [9.17, 15) is 9.59 Å². The highest BCUT2D eigenvalue weighted by Crippen LogP contribution is 2.17. The number of carbonyl (C=O) groups excluding carboxylic acids is 1. The Morgan fingerprint density at radius 2 is 2.29 bits per heavy atom. The van der Waals surface area contributed by atoms with Crippen LogP contribution in [-0.2, 0) is 9.59 Å². The molecule has 3 N–H and O–H groups in total. The Balaban J connectivity index is 2.49. The first-order valence-electron chi connectivity index (χ1n) is 4.83. The average Bonchev–Trinajstić information content (AvgIpc) is 2.64. The Kier molecular flexibility index (Phi) is 3.46. The summed E-state index contributed by atoms with van der Waals surface area (Å²) in [4.78, 5) is 23.7. The molecule has 1 saturated heterocycles. The Bertz CT molecular complexity index is 242. The Labute approximate surface area is 82.9 Å². The molecule has 0 aromatic heterocycles. The van der Waals surface area contributed by atoms with E-state index in [0.717, 1.165) is 0 Å². The SMILES string of the molecule is CC[C@@H](N)C(=O)N1CCC(C(=O)O)C1. The number of hydrogen-bond donors (Lipinski definition) is 2. The van der Waals surface area contributed by atoms with Crippen LogP contribution in [0.2, 0.25) is 0 Å². The summed E-state index contributed by atoms with van der Waals surface area (Å²) in [6.07, 6.45) is 1.13. The molecule has 5 heteroatoms. The second kappa shape index (κ2) is 4.41. The van der Waals surface area contributed by atoms with E-state index in [-0.39, 0.29) is 5.91 Å². The van der Waals surface area contributed by atoms with Gasteiger partial charge in [0.15, 0.2) is 0 Å². The molecule has 0 aromatic carbocycles. The molecule has 1 aliphatic rings. The van der Waals surface area contributed by atoms with E-state index in [4.69, 9.17) is 10.8 Å². The molecule has 1 heterocycles. The molecule has 5 nitrogen and oxygen atoms in total. The fourth-order valence-electron chi connectivity index (χ4n) is 1.57. The molecule has 1 amide bonds. The van der Waals surface area contributed by atoms with Gasteiger partial charge < -0.3 is 15.7 Å². The van der Waals surface area contributed by atoms with Gasteiger partial charge in [-0.3, -0.25) is 9.59 Å². The molecule has 14 heavy (non-hydrogen) atoms. The number of nitrogens with zero attached hydrogens (tertiary/aromatic N) is 1. The van der Waals surface area contributed by atoms with Crippen molar-refractivity contribution in [3.05, 3.63) is 0 Å². The predicted molar refractivity (Wildman–Crippen MR) is 50.6 cm³/mol. The first kappa shape index (κ1) is 11.0. The normalized spacial score (nSPS) is 23.6. The second-order valence-corrected chi connectivity index (χ2v) is 3.62. The van der Waals surface area contributed by atoms with Gasteiger partial charge in [-0.25, -0.2) is 0 Å². The van der Waals surface area contributed by atoms with E-state index in [1.54, 1.807) is 4.90 Å². The molecule has 1 fully saturated rings. The van der Waals surface area contributed by atoms with Gasteiger partial charge in [0.2, 0.25) is 5.91 Å². The first-order chi connectivity index (χ1) is 6.56. The lowest BCUT2D eigenvalue weighted by molar-refractivity contribution is -0.141. The summed E-state index contributed by atoms with van der Waals surface area (Å²) in [6.45, 7) is 2.67. The number of nitrogens with two attached hydrogens (primary N) is 1. The average molecular weight is 200 g/mol. The van der Waals surface area contributed by atoms with Crippen molar-refractivity contribution in [2.75, 3.05) is 13.1 Å². The van der Waals surface area contributed by atoms with Crippen molar-refractivity contribution < 1.29 is 14.7 Å². The van der Waals surface area contributed by atoms with Crippen molar-refractivity contribution in [3.63, 3.8) is 0 Å². The van der Waals surface area contributed by atoms with Gasteiger partial charge in [-0.15, -0.1) is 0 Å². The fraction of sp³-hybridized carbons (Fsp3) is 0.778. The molecule has 0 bridgehead atoms. The zero-order chi connectivity index (χ0) is 10.7. The van der Waals surface area contributed by atoms with Gasteiger partial charge in [-0.1, -0.05) is 6.92 Å². The summed E-state index contributed by atoms with van der Waals surface area (Å²) in [6, 6.07) is -0.484. The monoisotopic (exact) mass is 200 g/mol. The summed E-state index contributed by atoms with van der Waals surface area (Å²) >= 11 is 0. The van der Waals surface area contributed by atoms with Crippen LogP contribution in [0.25, 0.3) is 0 Å². The lowest BCUT2D eigenvalue weighted by Crippen LogP contribution is -2.42. The van der Waals surface area contributed by atoms with Crippen molar-refractivity contribution in [1.29, 1.82) is 0 Å². The largest absolute Gasteiger partial charge is 0.481 e. The van der Waals surface area contributed by atoms with Crippen LogP contribution in [0.3, 0.4) is 0 Å². The zero-order valence-electron chi connectivity index (χ0n) is 8.27. The highest BCUT2D eigenvalue weighted by Gasteiger charge is 2.32. The van der Waals surface area contributed by atoms with E-state index in [1.807, 2.05) is 6.92 Å². The maximum Gasteiger partial charge on any atom is 0.308 e. The Morgan fingerprint density at radius 1 is 1.64 bits per heavy atom. The molecule has 1 aliphatic heterocycles. The number of hydrogen-bond acceptors (Lipinski definition) is 3. The molecule has 0 aliphatic carbocycles. The van der Waals surface area contributed by atoms with Crippen molar-refractivity contribution >= 4 is 11.9 Å². The third-order valence-corrected chi connectivity index (χ3v) is 2.61. The molecule has 80 valence electrons. The number of likely N-dealkylation sites (tertiary alicyclic amines) is 1. The smallest absolute Gasteiger partial charge is 0.308 e. The van der Waals surface area contributed by atoms with E-state index < -0.39 is 17.9 Å². The van der Waals surface area contributed by atoms with E-state index in [1.165, 1.54) is 0 Å². The van der Waals surface area contributed by atoms with Gasteiger partial charge in [-0.2, -0.15) is 0 Å². The summed E-state index contributed by atoms with van der Waals surface area (Å²) in [5.41, 5.74) is 5.58.